The fourth-order valence-electron chi connectivity index (χ4n) is 2.60. The molecular formula is C16H14N4. The van der Waals surface area contributed by atoms with E-state index in [0.29, 0.717) is 0 Å². The largest absolute Gasteiger partial charge is 0.388 e. The van der Waals surface area contributed by atoms with Gasteiger partial charge in [-0.1, -0.05) is 0 Å². The number of aromatic amines is 2. The van der Waals surface area contributed by atoms with E-state index in [1.54, 1.807) is 6.20 Å². The standard InChI is InChI=1S/C16H14N4/c1-17-11-4-5-14-12(8-11)13(9-19-14)15-7-10-3-2-6-18-16(10)20-15/h2-9,17,19H,1H3,(H,18,20). The van der Waals surface area contributed by atoms with Gasteiger partial charge in [0.25, 0.3) is 0 Å². The highest BCUT2D eigenvalue weighted by Crippen LogP contribution is 2.31. The minimum Gasteiger partial charge on any atom is -0.388 e. The van der Waals surface area contributed by atoms with Gasteiger partial charge in [0.05, 0.1) is 0 Å². The van der Waals surface area contributed by atoms with E-state index in [4.69, 9.17) is 0 Å². The normalized spacial score (nSPS) is 11.2. The number of hydrogen-bond acceptors (Lipinski definition) is 2. The summed E-state index contributed by atoms with van der Waals surface area (Å²) in [4.78, 5) is 11.0. The Morgan fingerprint density at radius 3 is 2.95 bits per heavy atom. The Morgan fingerprint density at radius 2 is 2.10 bits per heavy atom. The predicted octanol–water partition coefficient (Wildman–Crippen LogP) is 3.75. The summed E-state index contributed by atoms with van der Waals surface area (Å²) < 4.78 is 0. The van der Waals surface area contributed by atoms with E-state index in [1.165, 1.54) is 5.39 Å². The van der Waals surface area contributed by atoms with Crippen molar-refractivity contribution in [3.8, 4) is 11.3 Å². The van der Waals surface area contributed by atoms with Gasteiger partial charge in [-0.3, -0.25) is 0 Å². The molecule has 0 saturated heterocycles. The van der Waals surface area contributed by atoms with E-state index in [1.807, 2.05) is 19.3 Å². The molecule has 4 rings (SSSR count). The molecule has 0 aliphatic carbocycles. The summed E-state index contributed by atoms with van der Waals surface area (Å²) in [5.41, 5.74) is 5.40. The van der Waals surface area contributed by atoms with Gasteiger partial charge in [-0.15, -0.1) is 0 Å². The van der Waals surface area contributed by atoms with Gasteiger partial charge in [0, 0.05) is 52.7 Å². The first kappa shape index (κ1) is 11.1. The lowest BCUT2D eigenvalue weighted by atomic mass is 10.1. The average molecular weight is 262 g/mol. The molecular weight excluding hydrogens is 248 g/mol. The Balaban J connectivity index is 1.96. The van der Waals surface area contributed by atoms with Crippen molar-refractivity contribution in [2.45, 2.75) is 0 Å². The van der Waals surface area contributed by atoms with Crippen molar-refractivity contribution in [1.29, 1.82) is 0 Å². The summed E-state index contributed by atoms with van der Waals surface area (Å²) in [7, 11) is 1.93. The van der Waals surface area contributed by atoms with Crippen molar-refractivity contribution >= 4 is 27.6 Å². The molecule has 0 spiro atoms. The third-order valence-corrected chi connectivity index (χ3v) is 3.65. The van der Waals surface area contributed by atoms with Gasteiger partial charge in [0.1, 0.15) is 5.65 Å². The molecule has 4 nitrogen and oxygen atoms in total. The Bertz CT molecular complexity index is 868. The maximum absolute atomic E-state index is 4.35. The van der Waals surface area contributed by atoms with Crippen LogP contribution in [0.3, 0.4) is 0 Å². The summed E-state index contributed by atoms with van der Waals surface area (Å²) in [5, 5.41) is 5.50. The molecule has 4 aromatic rings. The lowest BCUT2D eigenvalue weighted by Gasteiger charge is -2.01. The minimum atomic E-state index is 0.918. The van der Waals surface area contributed by atoms with E-state index in [2.05, 4.69) is 50.6 Å². The highest BCUT2D eigenvalue weighted by atomic mass is 14.9. The van der Waals surface area contributed by atoms with Crippen molar-refractivity contribution in [1.82, 2.24) is 15.0 Å². The van der Waals surface area contributed by atoms with Gasteiger partial charge in [-0.25, -0.2) is 4.98 Å². The quantitative estimate of drug-likeness (QED) is 0.515. The third kappa shape index (κ3) is 1.58. The Hall–Kier alpha value is -2.75. The number of anilines is 1. The van der Waals surface area contributed by atoms with Crippen molar-refractivity contribution in [3.05, 3.63) is 48.8 Å². The van der Waals surface area contributed by atoms with Crippen LogP contribution in [0, 0.1) is 0 Å². The van der Waals surface area contributed by atoms with Crippen molar-refractivity contribution in [3.63, 3.8) is 0 Å². The summed E-state index contributed by atoms with van der Waals surface area (Å²) in [6.45, 7) is 0. The van der Waals surface area contributed by atoms with Gasteiger partial charge in [0.15, 0.2) is 0 Å². The Labute approximate surface area is 115 Å². The fourth-order valence-corrected chi connectivity index (χ4v) is 2.60. The van der Waals surface area contributed by atoms with Crippen LogP contribution in [-0.4, -0.2) is 22.0 Å². The second-order valence-corrected chi connectivity index (χ2v) is 4.84. The number of H-pyrrole nitrogens is 2. The second-order valence-electron chi connectivity index (χ2n) is 4.84. The monoisotopic (exact) mass is 262 g/mol. The molecule has 0 radical (unpaired) electrons. The SMILES string of the molecule is CNc1ccc2[nH]cc(-c3cc4cccnc4[nH]3)c2c1. The zero-order valence-corrected chi connectivity index (χ0v) is 11.1. The lowest BCUT2D eigenvalue weighted by molar-refractivity contribution is 1.33. The number of rotatable bonds is 2. The van der Waals surface area contributed by atoms with E-state index in [-0.39, 0.29) is 0 Å². The van der Waals surface area contributed by atoms with Crippen molar-refractivity contribution < 1.29 is 0 Å². The average Bonchev–Trinajstić information content (AvgIpc) is 3.09. The van der Waals surface area contributed by atoms with Gasteiger partial charge in [-0.05, 0) is 36.4 Å². The summed E-state index contributed by atoms with van der Waals surface area (Å²) in [5.74, 6) is 0. The first-order chi connectivity index (χ1) is 9.85. The molecule has 0 bridgehead atoms. The fraction of sp³-hybridized carbons (Fsp3) is 0.0625. The van der Waals surface area contributed by atoms with Crippen LogP contribution in [0.2, 0.25) is 0 Å². The van der Waals surface area contributed by atoms with E-state index in [9.17, 15) is 0 Å². The molecule has 0 fully saturated rings. The predicted molar refractivity (Wildman–Crippen MR) is 82.9 cm³/mol. The van der Waals surface area contributed by atoms with E-state index < -0.39 is 0 Å². The van der Waals surface area contributed by atoms with E-state index >= 15 is 0 Å². The molecule has 0 atom stereocenters. The molecule has 4 heteroatoms. The zero-order valence-electron chi connectivity index (χ0n) is 11.1. The molecule has 3 aromatic heterocycles. The van der Waals surface area contributed by atoms with E-state index in [0.717, 1.165) is 33.5 Å². The minimum absolute atomic E-state index is 0.918. The molecule has 0 amide bonds. The number of pyridine rings is 1. The second kappa shape index (κ2) is 4.13. The van der Waals surface area contributed by atoms with Crippen LogP contribution in [0.25, 0.3) is 33.2 Å². The number of fused-ring (bicyclic) bond motifs is 2. The third-order valence-electron chi connectivity index (χ3n) is 3.65. The van der Waals surface area contributed by atoms with Gasteiger partial charge in [-0.2, -0.15) is 0 Å². The van der Waals surface area contributed by atoms with Crippen LogP contribution in [-0.2, 0) is 0 Å². The van der Waals surface area contributed by atoms with Gasteiger partial charge in [0.2, 0.25) is 0 Å². The highest BCUT2D eigenvalue weighted by Gasteiger charge is 2.09. The van der Waals surface area contributed by atoms with Crippen LogP contribution in [0.1, 0.15) is 0 Å². The molecule has 3 N–H and O–H groups in total. The summed E-state index contributed by atoms with van der Waals surface area (Å²) in [6, 6.07) is 12.5. The zero-order chi connectivity index (χ0) is 13.5. The molecule has 20 heavy (non-hydrogen) atoms. The first-order valence-electron chi connectivity index (χ1n) is 6.58. The molecule has 0 saturated carbocycles. The number of benzene rings is 1. The molecule has 0 aliphatic heterocycles. The maximum Gasteiger partial charge on any atom is 0.137 e. The number of hydrogen-bond donors (Lipinski definition) is 3. The summed E-state index contributed by atoms with van der Waals surface area (Å²) in [6.07, 6.45) is 3.84. The number of aromatic nitrogens is 3. The molecule has 3 heterocycles. The number of nitrogens with one attached hydrogen (secondary N) is 3. The molecule has 0 unspecified atom stereocenters. The lowest BCUT2D eigenvalue weighted by Crippen LogP contribution is -1.86. The molecule has 1 aromatic carbocycles. The molecule has 98 valence electrons. The van der Waals surface area contributed by atoms with Crippen LogP contribution in [0.15, 0.2) is 48.8 Å². The molecule has 0 aliphatic rings. The maximum atomic E-state index is 4.35. The van der Waals surface area contributed by atoms with Crippen LogP contribution >= 0.6 is 0 Å². The topological polar surface area (TPSA) is 56.5 Å². The summed E-state index contributed by atoms with van der Waals surface area (Å²) >= 11 is 0. The Kier molecular flexibility index (Phi) is 2.29. The van der Waals surface area contributed by atoms with Crippen LogP contribution in [0.5, 0.6) is 0 Å². The van der Waals surface area contributed by atoms with Crippen molar-refractivity contribution in [2.24, 2.45) is 0 Å². The van der Waals surface area contributed by atoms with Gasteiger partial charge < -0.3 is 15.3 Å². The first-order valence-corrected chi connectivity index (χ1v) is 6.58. The number of nitrogens with zero attached hydrogens (tertiary/aromatic N) is 1. The van der Waals surface area contributed by atoms with Crippen LogP contribution in [0.4, 0.5) is 5.69 Å². The highest BCUT2D eigenvalue weighted by molar-refractivity contribution is 5.98. The Morgan fingerprint density at radius 1 is 1.15 bits per heavy atom. The van der Waals surface area contributed by atoms with Crippen molar-refractivity contribution in [2.75, 3.05) is 12.4 Å². The van der Waals surface area contributed by atoms with Crippen LogP contribution < -0.4 is 5.32 Å². The van der Waals surface area contributed by atoms with Gasteiger partial charge >= 0.3 is 0 Å². The smallest absolute Gasteiger partial charge is 0.137 e.